The number of aliphatic hydroxyl groups excluding tert-OH is 1. The van der Waals surface area contributed by atoms with Crippen LogP contribution in [0.25, 0.3) is 0 Å². The Bertz CT molecular complexity index is 451. The van der Waals surface area contributed by atoms with Gasteiger partial charge in [0.05, 0.1) is 6.10 Å². The van der Waals surface area contributed by atoms with Crippen LogP contribution in [0.15, 0.2) is 18.2 Å². The van der Waals surface area contributed by atoms with E-state index in [0.717, 1.165) is 25.9 Å². The average Bonchev–Trinajstić information content (AvgIpc) is 2.37. The Labute approximate surface area is 123 Å². The summed E-state index contributed by atoms with van der Waals surface area (Å²) in [6, 6.07) is 6.94. The van der Waals surface area contributed by atoms with Gasteiger partial charge in [-0.05, 0) is 41.4 Å². The maximum atomic E-state index is 9.71. The molecule has 20 heavy (non-hydrogen) atoms. The Kier molecular flexibility index (Phi) is 4.43. The molecule has 0 aromatic heterocycles. The molecule has 1 aromatic carbocycles. The highest BCUT2D eigenvalue weighted by atomic mass is 16.3. The summed E-state index contributed by atoms with van der Waals surface area (Å²) in [5.74, 6) is 0.533. The van der Waals surface area contributed by atoms with Gasteiger partial charge < -0.3 is 10.0 Å². The molecule has 2 rings (SSSR count). The van der Waals surface area contributed by atoms with Crippen molar-refractivity contribution in [3.8, 4) is 0 Å². The van der Waals surface area contributed by atoms with Crippen LogP contribution in [0.2, 0.25) is 0 Å². The summed E-state index contributed by atoms with van der Waals surface area (Å²) in [4.78, 5) is 2.46. The Morgan fingerprint density at radius 3 is 2.25 bits per heavy atom. The Morgan fingerprint density at radius 1 is 1.15 bits per heavy atom. The molecule has 2 heteroatoms. The van der Waals surface area contributed by atoms with Gasteiger partial charge in [0.2, 0.25) is 0 Å². The smallest absolute Gasteiger partial charge is 0.0574 e. The maximum absolute atomic E-state index is 9.71. The third kappa shape index (κ3) is 3.35. The van der Waals surface area contributed by atoms with Crippen LogP contribution in [0.1, 0.15) is 64.5 Å². The van der Waals surface area contributed by atoms with E-state index in [1.807, 2.05) is 0 Å². The molecule has 1 saturated heterocycles. The summed E-state index contributed by atoms with van der Waals surface area (Å²) in [6.07, 6.45) is 1.66. The van der Waals surface area contributed by atoms with Crippen molar-refractivity contribution in [2.75, 3.05) is 18.0 Å². The summed E-state index contributed by atoms with van der Waals surface area (Å²) in [5.41, 5.74) is 4.37. The van der Waals surface area contributed by atoms with Crippen LogP contribution in [0, 0.1) is 0 Å². The second-order valence-corrected chi connectivity index (χ2v) is 7.40. The fraction of sp³-hybridized carbons (Fsp3) is 0.667. The largest absolute Gasteiger partial charge is 0.393 e. The van der Waals surface area contributed by atoms with Crippen LogP contribution in [-0.4, -0.2) is 24.3 Å². The maximum Gasteiger partial charge on any atom is 0.0574 e. The van der Waals surface area contributed by atoms with Crippen molar-refractivity contribution >= 4 is 5.69 Å². The van der Waals surface area contributed by atoms with Crippen LogP contribution < -0.4 is 4.90 Å². The third-order valence-electron chi connectivity index (χ3n) is 4.32. The van der Waals surface area contributed by atoms with Gasteiger partial charge in [0.25, 0.3) is 0 Å². The van der Waals surface area contributed by atoms with Gasteiger partial charge in [0, 0.05) is 18.8 Å². The zero-order chi connectivity index (χ0) is 14.9. The minimum atomic E-state index is -0.112. The molecule has 0 bridgehead atoms. The van der Waals surface area contributed by atoms with Gasteiger partial charge >= 0.3 is 0 Å². The molecule has 2 nitrogen and oxygen atoms in total. The third-order valence-corrected chi connectivity index (χ3v) is 4.32. The highest BCUT2D eigenvalue weighted by Gasteiger charge is 2.22. The molecular formula is C18H29NO. The van der Waals surface area contributed by atoms with Gasteiger partial charge in [-0.25, -0.2) is 0 Å². The second kappa shape index (κ2) is 5.77. The number of anilines is 1. The first-order chi connectivity index (χ1) is 9.29. The number of piperidine rings is 1. The number of benzene rings is 1. The van der Waals surface area contributed by atoms with Crippen molar-refractivity contribution in [2.45, 2.75) is 64.9 Å². The minimum Gasteiger partial charge on any atom is -0.393 e. The van der Waals surface area contributed by atoms with Gasteiger partial charge in [0.1, 0.15) is 0 Å². The minimum absolute atomic E-state index is 0.112. The summed E-state index contributed by atoms with van der Waals surface area (Å²) in [7, 11) is 0. The lowest BCUT2D eigenvalue weighted by Gasteiger charge is -2.35. The van der Waals surface area contributed by atoms with E-state index in [0.29, 0.717) is 5.92 Å². The zero-order valence-electron chi connectivity index (χ0n) is 13.6. The monoisotopic (exact) mass is 275 g/mol. The molecule has 112 valence electrons. The van der Waals surface area contributed by atoms with E-state index in [9.17, 15) is 5.11 Å². The van der Waals surface area contributed by atoms with Crippen LogP contribution in [0.4, 0.5) is 5.69 Å². The van der Waals surface area contributed by atoms with Gasteiger partial charge in [-0.1, -0.05) is 46.8 Å². The molecule has 0 amide bonds. The second-order valence-electron chi connectivity index (χ2n) is 7.40. The van der Waals surface area contributed by atoms with E-state index >= 15 is 0 Å². The lowest BCUT2D eigenvalue weighted by Crippen LogP contribution is -2.36. The van der Waals surface area contributed by atoms with Gasteiger partial charge in [-0.3, -0.25) is 0 Å². The predicted molar refractivity (Wildman–Crippen MR) is 86.7 cm³/mol. The quantitative estimate of drug-likeness (QED) is 0.879. The van der Waals surface area contributed by atoms with Gasteiger partial charge in [0.15, 0.2) is 0 Å². The highest BCUT2D eigenvalue weighted by Crippen LogP contribution is 2.34. The van der Waals surface area contributed by atoms with Crippen molar-refractivity contribution in [3.05, 3.63) is 29.3 Å². The summed E-state index contributed by atoms with van der Waals surface area (Å²) >= 11 is 0. The molecule has 1 aliphatic heterocycles. The highest BCUT2D eigenvalue weighted by molar-refractivity contribution is 5.58. The van der Waals surface area contributed by atoms with E-state index in [4.69, 9.17) is 0 Å². The normalized spacial score (nSPS) is 17.9. The van der Waals surface area contributed by atoms with E-state index < -0.39 is 0 Å². The molecule has 0 unspecified atom stereocenters. The molecule has 1 aliphatic rings. The van der Waals surface area contributed by atoms with Crippen molar-refractivity contribution in [1.29, 1.82) is 0 Å². The standard InChI is InChI=1S/C18H29NO/c1-13(2)16-7-6-14(18(3,4)5)12-17(16)19-10-8-15(20)9-11-19/h6-7,12-13,15,20H,8-11H2,1-5H3. The number of hydrogen-bond donors (Lipinski definition) is 1. The van der Waals surface area contributed by atoms with Crippen molar-refractivity contribution in [3.63, 3.8) is 0 Å². The predicted octanol–water partition coefficient (Wildman–Crippen LogP) is 4.07. The lowest BCUT2D eigenvalue weighted by molar-refractivity contribution is 0.145. The average molecular weight is 275 g/mol. The van der Waals surface area contributed by atoms with Crippen LogP contribution in [0.5, 0.6) is 0 Å². The SMILES string of the molecule is CC(C)c1ccc(C(C)(C)C)cc1N1CCC(O)CC1. The Balaban J connectivity index is 2.37. The van der Waals surface area contributed by atoms with Gasteiger partial charge in [-0.2, -0.15) is 0 Å². The summed E-state index contributed by atoms with van der Waals surface area (Å²) < 4.78 is 0. The lowest BCUT2D eigenvalue weighted by atomic mass is 9.84. The number of nitrogens with zero attached hydrogens (tertiary/aromatic N) is 1. The number of rotatable bonds is 2. The van der Waals surface area contributed by atoms with Gasteiger partial charge in [-0.15, -0.1) is 0 Å². The first kappa shape index (κ1) is 15.4. The summed E-state index contributed by atoms with van der Waals surface area (Å²) in [5, 5.41) is 9.71. The zero-order valence-corrected chi connectivity index (χ0v) is 13.6. The molecule has 1 aromatic rings. The summed E-state index contributed by atoms with van der Waals surface area (Å²) in [6.45, 7) is 13.2. The van der Waals surface area contributed by atoms with Crippen molar-refractivity contribution in [2.24, 2.45) is 0 Å². The fourth-order valence-electron chi connectivity index (χ4n) is 2.88. The van der Waals surface area contributed by atoms with Crippen LogP contribution in [-0.2, 0) is 5.41 Å². The molecule has 0 spiro atoms. The molecule has 0 aliphatic carbocycles. The molecule has 1 N–H and O–H groups in total. The van der Waals surface area contributed by atoms with E-state index in [2.05, 4.69) is 57.7 Å². The first-order valence-corrected chi connectivity index (χ1v) is 7.86. The van der Waals surface area contributed by atoms with E-state index in [1.54, 1.807) is 0 Å². The number of hydrogen-bond acceptors (Lipinski definition) is 2. The van der Waals surface area contributed by atoms with Crippen LogP contribution >= 0.6 is 0 Å². The van der Waals surface area contributed by atoms with E-state index in [-0.39, 0.29) is 11.5 Å². The van der Waals surface area contributed by atoms with Crippen molar-refractivity contribution in [1.82, 2.24) is 0 Å². The van der Waals surface area contributed by atoms with Crippen molar-refractivity contribution < 1.29 is 5.11 Å². The molecular weight excluding hydrogens is 246 g/mol. The Morgan fingerprint density at radius 2 is 1.75 bits per heavy atom. The molecule has 0 radical (unpaired) electrons. The van der Waals surface area contributed by atoms with Crippen LogP contribution in [0.3, 0.4) is 0 Å². The van der Waals surface area contributed by atoms with E-state index in [1.165, 1.54) is 16.8 Å². The fourth-order valence-corrected chi connectivity index (χ4v) is 2.88. The first-order valence-electron chi connectivity index (χ1n) is 7.86. The molecule has 1 fully saturated rings. The molecule has 1 heterocycles. The topological polar surface area (TPSA) is 23.5 Å². The Hall–Kier alpha value is -1.02. The molecule has 0 atom stereocenters. The number of aliphatic hydroxyl groups is 1. The molecule has 0 saturated carbocycles.